The van der Waals surface area contributed by atoms with E-state index in [9.17, 15) is 0 Å². The van der Waals surface area contributed by atoms with E-state index in [1.807, 2.05) is 24.8 Å². The predicted molar refractivity (Wildman–Crippen MR) is 79.5 cm³/mol. The van der Waals surface area contributed by atoms with Crippen molar-refractivity contribution >= 4 is 23.5 Å². The first kappa shape index (κ1) is 13.5. The van der Waals surface area contributed by atoms with Gasteiger partial charge in [-0.15, -0.1) is 0 Å². The van der Waals surface area contributed by atoms with Crippen molar-refractivity contribution in [1.82, 2.24) is 9.97 Å². The van der Waals surface area contributed by atoms with Crippen LogP contribution in [0.4, 0.5) is 11.8 Å². The molecule has 0 bridgehead atoms. The first-order valence-corrected chi connectivity index (χ1v) is 7.90. The van der Waals surface area contributed by atoms with Crippen molar-refractivity contribution in [3.05, 3.63) is 11.8 Å². The van der Waals surface area contributed by atoms with Gasteiger partial charge in [0.2, 0.25) is 5.95 Å². The zero-order chi connectivity index (χ0) is 13.0. The lowest BCUT2D eigenvalue weighted by Crippen LogP contribution is -2.26. The number of aryl methyl sites for hydroxylation is 1. The van der Waals surface area contributed by atoms with Crippen LogP contribution in [0.1, 0.15) is 31.9 Å². The molecule has 1 aromatic heterocycles. The Kier molecular flexibility index (Phi) is 4.69. The highest BCUT2D eigenvalue weighted by Crippen LogP contribution is 2.30. The molecule has 1 heterocycles. The molecule has 2 rings (SSSR count). The van der Waals surface area contributed by atoms with Crippen molar-refractivity contribution in [1.29, 1.82) is 0 Å². The number of aromatic nitrogens is 2. The SMILES string of the molecule is CCNc1nc(C)cc(NC2CCCC2SC)n1. The molecule has 1 aromatic rings. The Morgan fingerprint density at radius 2 is 2.22 bits per heavy atom. The molecule has 2 N–H and O–H groups in total. The summed E-state index contributed by atoms with van der Waals surface area (Å²) in [6, 6.07) is 2.57. The fourth-order valence-corrected chi connectivity index (χ4v) is 3.38. The Bertz CT molecular complexity index is 397. The van der Waals surface area contributed by atoms with E-state index in [1.165, 1.54) is 19.3 Å². The molecule has 2 unspecified atom stereocenters. The smallest absolute Gasteiger partial charge is 0.224 e. The minimum Gasteiger partial charge on any atom is -0.366 e. The quantitative estimate of drug-likeness (QED) is 0.858. The number of hydrogen-bond acceptors (Lipinski definition) is 5. The average Bonchev–Trinajstić information content (AvgIpc) is 2.76. The summed E-state index contributed by atoms with van der Waals surface area (Å²) in [7, 11) is 0. The highest BCUT2D eigenvalue weighted by atomic mass is 32.2. The maximum Gasteiger partial charge on any atom is 0.224 e. The summed E-state index contributed by atoms with van der Waals surface area (Å²) < 4.78 is 0. The maximum absolute atomic E-state index is 4.51. The van der Waals surface area contributed by atoms with Gasteiger partial charge in [0.05, 0.1) is 0 Å². The maximum atomic E-state index is 4.51. The number of hydrogen-bond donors (Lipinski definition) is 2. The molecule has 1 saturated carbocycles. The number of thioether (sulfide) groups is 1. The molecule has 0 radical (unpaired) electrons. The number of nitrogens with zero attached hydrogens (tertiary/aromatic N) is 2. The molecular weight excluding hydrogens is 244 g/mol. The van der Waals surface area contributed by atoms with Crippen LogP contribution in [0, 0.1) is 6.92 Å². The lowest BCUT2D eigenvalue weighted by atomic mass is 10.2. The van der Waals surface area contributed by atoms with Gasteiger partial charge in [-0.2, -0.15) is 16.7 Å². The van der Waals surface area contributed by atoms with Gasteiger partial charge in [-0.05, 0) is 32.9 Å². The van der Waals surface area contributed by atoms with Crippen LogP contribution in [0.15, 0.2) is 6.07 Å². The van der Waals surface area contributed by atoms with Crippen LogP contribution in [0.25, 0.3) is 0 Å². The fourth-order valence-electron chi connectivity index (χ4n) is 2.44. The third-order valence-corrected chi connectivity index (χ3v) is 4.45. The van der Waals surface area contributed by atoms with Gasteiger partial charge in [0.25, 0.3) is 0 Å². The highest BCUT2D eigenvalue weighted by molar-refractivity contribution is 7.99. The molecule has 1 fully saturated rings. The molecule has 0 aromatic carbocycles. The molecule has 5 heteroatoms. The lowest BCUT2D eigenvalue weighted by Gasteiger charge is -2.20. The first-order chi connectivity index (χ1) is 8.72. The van der Waals surface area contributed by atoms with E-state index < -0.39 is 0 Å². The third kappa shape index (κ3) is 3.28. The van der Waals surface area contributed by atoms with Crippen LogP contribution in [0.3, 0.4) is 0 Å². The van der Waals surface area contributed by atoms with E-state index in [4.69, 9.17) is 0 Å². The highest BCUT2D eigenvalue weighted by Gasteiger charge is 2.26. The van der Waals surface area contributed by atoms with Gasteiger partial charge in [0.15, 0.2) is 0 Å². The van der Waals surface area contributed by atoms with Crippen LogP contribution >= 0.6 is 11.8 Å². The van der Waals surface area contributed by atoms with E-state index in [0.29, 0.717) is 11.3 Å². The van der Waals surface area contributed by atoms with Crippen molar-refractivity contribution in [3.63, 3.8) is 0 Å². The third-order valence-electron chi connectivity index (χ3n) is 3.28. The van der Waals surface area contributed by atoms with Gasteiger partial charge < -0.3 is 10.6 Å². The number of nitrogens with one attached hydrogen (secondary N) is 2. The van der Waals surface area contributed by atoms with E-state index in [0.717, 1.165) is 24.0 Å². The molecule has 4 nitrogen and oxygen atoms in total. The van der Waals surface area contributed by atoms with E-state index in [-0.39, 0.29) is 0 Å². The summed E-state index contributed by atoms with van der Waals surface area (Å²) in [5, 5.41) is 7.45. The Morgan fingerprint density at radius 1 is 1.39 bits per heavy atom. The molecule has 0 saturated heterocycles. The van der Waals surface area contributed by atoms with Crippen LogP contribution in [0.2, 0.25) is 0 Å². The predicted octanol–water partition coefficient (Wildman–Crippen LogP) is 2.91. The molecule has 0 spiro atoms. The standard InChI is InChI=1S/C13H22N4S/c1-4-14-13-15-9(2)8-12(17-13)16-10-6-5-7-11(10)18-3/h8,10-11H,4-7H2,1-3H3,(H2,14,15,16,17). The van der Waals surface area contributed by atoms with Crippen molar-refractivity contribution in [3.8, 4) is 0 Å². The summed E-state index contributed by atoms with van der Waals surface area (Å²) in [6.07, 6.45) is 6.06. The average molecular weight is 266 g/mol. The molecule has 1 aliphatic carbocycles. The molecule has 100 valence electrons. The summed E-state index contributed by atoms with van der Waals surface area (Å²) in [6.45, 7) is 4.91. The largest absolute Gasteiger partial charge is 0.366 e. The monoisotopic (exact) mass is 266 g/mol. The van der Waals surface area contributed by atoms with Crippen LogP contribution in [-0.4, -0.2) is 34.1 Å². The van der Waals surface area contributed by atoms with Crippen molar-refractivity contribution in [2.24, 2.45) is 0 Å². The van der Waals surface area contributed by atoms with Gasteiger partial charge in [-0.3, -0.25) is 0 Å². The van der Waals surface area contributed by atoms with Crippen LogP contribution in [-0.2, 0) is 0 Å². The summed E-state index contributed by atoms with van der Waals surface area (Å²) >= 11 is 1.96. The summed E-state index contributed by atoms with van der Waals surface area (Å²) in [5.41, 5.74) is 1.00. The van der Waals surface area contributed by atoms with E-state index in [2.05, 4.69) is 33.8 Å². The van der Waals surface area contributed by atoms with Crippen molar-refractivity contribution in [2.45, 2.75) is 44.4 Å². The molecule has 0 amide bonds. The molecule has 1 aliphatic rings. The zero-order valence-corrected chi connectivity index (χ0v) is 12.2. The minimum atomic E-state index is 0.545. The van der Waals surface area contributed by atoms with Gasteiger partial charge in [-0.25, -0.2) is 4.98 Å². The second-order valence-electron chi connectivity index (χ2n) is 4.70. The zero-order valence-electron chi connectivity index (χ0n) is 11.4. The molecule has 0 aliphatic heterocycles. The van der Waals surface area contributed by atoms with Crippen LogP contribution in [0.5, 0.6) is 0 Å². The van der Waals surface area contributed by atoms with Gasteiger partial charge in [0.1, 0.15) is 5.82 Å². The fraction of sp³-hybridized carbons (Fsp3) is 0.692. The number of anilines is 2. The second-order valence-corrected chi connectivity index (χ2v) is 5.78. The van der Waals surface area contributed by atoms with Gasteiger partial charge in [0, 0.05) is 29.6 Å². The summed E-state index contributed by atoms with van der Waals surface area (Å²) in [5.74, 6) is 1.67. The van der Waals surface area contributed by atoms with Crippen molar-refractivity contribution in [2.75, 3.05) is 23.4 Å². The Hall–Kier alpha value is -0.970. The molecule has 18 heavy (non-hydrogen) atoms. The Labute approximate surface area is 113 Å². The Morgan fingerprint density at radius 3 is 2.94 bits per heavy atom. The van der Waals surface area contributed by atoms with E-state index in [1.54, 1.807) is 0 Å². The van der Waals surface area contributed by atoms with Gasteiger partial charge in [-0.1, -0.05) is 6.42 Å². The minimum absolute atomic E-state index is 0.545. The van der Waals surface area contributed by atoms with Gasteiger partial charge >= 0.3 is 0 Å². The normalized spacial score (nSPS) is 23.1. The molecule has 2 atom stereocenters. The second kappa shape index (κ2) is 6.27. The van der Waals surface area contributed by atoms with Crippen molar-refractivity contribution < 1.29 is 0 Å². The van der Waals surface area contributed by atoms with Crippen LogP contribution < -0.4 is 10.6 Å². The van der Waals surface area contributed by atoms with E-state index >= 15 is 0 Å². The summed E-state index contributed by atoms with van der Waals surface area (Å²) in [4.78, 5) is 8.88. The molecular formula is C13H22N4S. The first-order valence-electron chi connectivity index (χ1n) is 6.61. The number of rotatable bonds is 5. The Balaban J connectivity index is 2.08. The lowest BCUT2D eigenvalue weighted by molar-refractivity contribution is 0.762. The topological polar surface area (TPSA) is 49.8 Å².